The van der Waals surface area contributed by atoms with Crippen LogP contribution in [0.4, 0.5) is 0 Å². The smallest absolute Gasteiger partial charge is 0.321 e. The molecule has 136 valence electrons. The minimum atomic E-state index is -0.893. The lowest BCUT2D eigenvalue weighted by Crippen LogP contribution is -2.38. The number of carboxylic acid groups (broad SMARTS) is 1. The lowest BCUT2D eigenvalue weighted by molar-refractivity contribution is -0.139. The van der Waals surface area contributed by atoms with E-state index in [0.29, 0.717) is 30.3 Å². The van der Waals surface area contributed by atoms with Gasteiger partial charge in [0.25, 0.3) is 0 Å². The number of hydrogen-bond acceptors (Lipinski definition) is 3. The van der Waals surface area contributed by atoms with Crippen LogP contribution in [0.5, 0.6) is 5.75 Å². The van der Waals surface area contributed by atoms with Crippen LogP contribution in [0.25, 0.3) is 10.9 Å². The monoisotopic (exact) mass is 372 g/mol. The van der Waals surface area contributed by atoms with Crippen molar-refractivity contribution in [2.75, 3.05) is 6.61 Å². The van der Waals surface area contributed by atoms with Crippen LogP contribution in [-0.2, 0) is 17.8 Å². The summed E-state index contributed by atoms with van der Waals surface area (Å²) in [6.07, 6.45) is 2.25. The van der Waals surface area contributed by atoms with Crippen LogP contribution >= 0.6 is 11.6 Å². The first-order valence-electron chi connectivity index (χ1n) is 8.51. The Morgan fingerprint density at radius 2 is 2.08 bits per heavy atom. The average molecular weight is 373 g/mol. The number of hydrogen-bond donors (Lipinski definition) is 3. The predicted molar refractivity (Wildman–Crippen MR) is 103 cm³/mol. The van der Waals surface area contributed by atoms with Crippen LogP contribution in [-0.4, -0.2) is 28.7 Å². The molecule has 26 heavy (non-hydrogen) atoms. The zero-order valence-corrected chi connectivity index (χ0v) is 15.2. The first kappa shape index (κ1) is 18.3. The molecule has 0 saturated heterocycles. The van der Waals surface area contributed by atoms with Gasteiger partial charge in [-0.3, -0.25) is 10.1 Å². The summed E-state index contributed by atoms with van der Waals surface area (Å²) in [4.78, 5) is 14.9. The number of carboxylic acids is 1. The van der Waals surface area contributed by atoms with Crippen molar-refractivity contribution in [3.63, 3.8) is 0 Å². The molecule has 3 rings (SSSR count). The molecule has 5 nitrogen and oxygen atoms in total. The topological polar surface area (TPSA) is 74.3 Å². The van der Waals surface area contributed by atoms with Crippen molar-refractivity contribution in [2.24, 2.45) is 0 Å². The molecule has 0 radical (unpaired) electrons. The normalized spacial score (nSPS) is 12.2. The number of aliphatic carboxylic acids is 1. The van der Waals surface area contributed by atoms with Crippen LogP contribution in [0.2, 0.25) is 5.02 Å². The van der Waals surface area contributed by atoms with E-state index >= 15 is 0 Å². The van der Waals surface area contributed by atoms with Crippen LogP contribution in [0.15, 0.2) is 48.7 Å². The maximum Gasteiger partial charge on any atom is 0.321 e. The summed E-state index contributed by atoms with van der Waals surface area (Å²) in [5, 5.41) is 14.4. The average Bonchev–Trinajstić information content (AvgIpc) is 3.03. The van der Waals surface area contributed by atoms with Crippen LogP contribution in [0.1, 0.15) is 18.1 Å². The van der Waals surface area contributed by atoms with E-state index in [-0.39, 0.29) is 0 Å². The van der Waals surface area contributed by atoms with Crippen molar-refractivity contribution in [2.45, 2.75) is 25.9 Å². The molecule has 0 spiro atoms. The van der Waals surface area contributed by atoms with Crippen LogP contribution in [0, 0.1) is 0 Å². The summed E-state index contributed by atoms with van der Waals surface area (Å²) >= 11 is 6.07. The maximum absolute atomic E-state index is 11.7. The number of rotatable bonds is 8. The second-order valence-electron chi connectivity index (χ2n) is 6.02. The van der Waals surface area contributed by atoms with Crippen molar-refractivity contribution in [3.05, 3.63) is 64.8 Å². The number of ether oxygens (including phenoxy) is 1. The van der Waals surface area contributed by atoms with E-state index in [1.165, 1.54) is 0 Å². The zero-order chi connectivity index (χ0) is 18.5. The van der Waals surface area contributed by atoms with Gasteiger partial charge in [-0.15, -0.1) is 0 Å². The van der Waals surface area contributed by atoms with E-state index in [1.807, 2.05) is 37.4 Å². The summed E-state index contributed by atoms with van der Waals surface area (Å²) in [5.74, 6) is -0.184. The highest BCUT2D eigenvalue weighted by Gasteiger charge is 2.20. The molecule has 0 fully saturated rings. The molecule has 0 amide bonds. The van der Waals surface area contributed by atoms with Gasteiger partial charge in [0.15, 0.2) is 0 Å². The summed E-state index contributed by atoms with van der Waals surface area (Å²) in [5.41, 5.74) is 2.81. The second-order valence-corrected chi connectivity index (χ2v) is 6.46. The van der Waals surface area contributed by atoms with Gasteiger partial charge in [0, 0.05) is 40.7 Å². The molecule has 0 saturated carbocycles. The zero-order valence-electron chi connectivity index (χ0n) is 14.5. The predicted octanol–water partition coefficient (Wildman–Crippen LogP) is 4.01. The summed E-state index contributed by atoms with van der Waals surface area (Å²) in [7, 11) is 0. The van der Waals surface area contributed by atoms with E-state index in [9.17, 15) is 9.90 Å². The molecule has 0 aliphatic carbocycles. The third kappa shape index (κ3) is 4.18. The summed E-state index contributed by atoms with van der Waals surface area (Å²) < 4.78 is 5.60. The molecule has 1 heterocycles. The van der Waals surface area contributed by atoms with Gasteiger partial charge in [-0.2, -0.15) is 0 Å². The molecular weight excluding hydrogens is 352 g/mol. The van der Waals surface area contributed by atoms with Crippen molar-refractivity contribution < 1.29 is 14.6 Å². The van der Waals surface area contributed by atoms with Gasteiger partial charge in [-0.05, 0) is 36.8 Å². The Kier molecular flexibility index (Phi) is 5.81. The van der Waals surface area contributed by atoms with Gasteiger partial charge in [0.1, 0.15) is 11.8 Å². The number of benzene rings is 2. The Morgan fingerprint density at radius 3 is 2.85 bits per heavy atom. The largest absolute Gasteiger partial charge is 0.494 e. The fourth-order valence-electron chi connectivity index (χ4n) is 2.98. The van der Waals surface area contributed by atoms with Gasteiger partial charge in [-0.25, -0.2) is 0 Å². The fourth-order valence-corrected chi connectivity index (χ4v) is 3.18. The minimum Gasteiger partial charge on any atom is -0.494 e. The highest BCUT2D eigenvalue weighted by molar-refractivity contribution is 6.30. The van der Waals surface area contributed by atoms with Gasteiger partial charge < -0.3 is 14.8 Å². The number of nitrogens with one attached hydrogen (secondary N) is 2. The highest BCUT2D eigenvalue weighted by Crippen LogP contribution is 2.24. The highest BCUT2D eigenvalue weighted by atomic mass is 35.5. The molecule has 1 aromatic heterocycles. The number of aromatic nitrogens is 1. The minimum absolute atomic E-state index is 0.356. The van der Waals surface area contributed by atoms with E-state index < -0.39 is 12.0 Å². The number of halogens is 1. The van der Waals surface area contributed by atoms with Crippen molar-refractivity contribution in [1.29, 1.82) is 0 Å². The number of carbonyl (C=O) groups is 1. The molecule has 0 bridgehead atoms. The molecule has 0 unspecified atom stereocenters. The molecule has 3 N–H and O–H groups in total. The summed E-state index contributed by atoms with van der Waals surface area (Å²) in [6.45, 7) is 2.80. The van der Waals surface area contributed by atoms with E-state index in [4.69, 9.17) is 16.3 Å². The first-order chi connectivity index (χ1) is 12.6. The van der Waals surface area contributed by atoms with Crippen molar-refractivity contribution in [3.8, 4) is 5.75 Å². The Bertz CT molecular complexity index is 907. The molecule has 6 heteroatoms. The molecule has 1 atom stereocenters. The van der Waals surface area contributed by atoms with E-state index in [2.05, 4.69) is 10.3 Å². The molecule has 3 aromatic rings. The molecule has 0 aliphatic rings. The van der Waals surface area contributed by atoms with Crippen LogP contribution in [0.3, 0.4) is 0 Å². The second kappa shape index (κ2) is 8.25. The van der Waals surface area contributed by atoms with Gasteiger partial charge in [0.2, 0.25) is 0 Å². The Morgan fingerprint density at radius 1 is 1.27 bits per heavy atom. The fraction of sp³-hybridized carbons (Fsp3) is 0.250. The third-order valence-corrected chi connectivity index (χ3v) is 4.49. The number of H-pyrrole nitrogens is 1. The number of aromatic amines is 1. The van der Waals surface area contributed by atoms with E-state index in [1.54, 1.807) is 18.2 Å². The van der Waals surface area contributed by atoms with Crippen molar-refractivity contribution in [1.82, 2.24) is 10.3 Å². The number of para-hydroxylation sites is 1. The van der Waals surface area contributed by atoms with Gasteiger partial charge in [0.05, 0.1) is 6.61 Å². The quantitative estimate of drug-likeness (QED) is 0.558. The third-order valence-electron chi connectivity index (χ3n) is 4.26. The van der Waals surface area contributed by atoms with Gasteiger partial charge in [-0.1, -0.05) is 29.8 Å². The Hall–Kier alpha value is -2.50. The Balaban J connectivity index is 1.76. The standard InChI is InChI=1S/C20H21ClN2O3/c1-2-26-19-8-7-15(21)9-14(19)12-23-18(20(24)25)10-13-11-22-17-6-4-3-5-16(13)17/h3-9,11,18,22-23H,2,10,12H2,1H3,(H,24,25)/t18-/m0/s1. The first-order valence-corrected chi connectivity index (χ1v) is 8.88. The SMILES string of the molecule is CCOc1ccc(Cl)cc1CN[C@@H](Cc1c[nH]c2ccccc12)C(=O)O. The molecule has 2 aromatic carbocycles. The van der Waals surface area contributed by atoms with Gasteiger partial charge >= 0.3 is 5.97 Å². The summed E-state index contributed by atoms with van der Waals surface area (Å²) in [6, 6.07) is 12.5. The van der Waals surface area contributed by atoms with E-state index in [0.717, 1.165) is 22.0 Å². The number of fused-ring (bicyclic) bond motifs is 1. The van der Waals surface area contributed by atoms with Crippen molar-refractivity contribution >= 4 is 28.5 Å². The lowest BCUT2D eigenvalue weighted by atomic mass is 10.0. The lowest BCUT2D eigenvalue weighted by Gasteiger charge is -2.16. The maximum atomic E-state index is 11.7. The molecule has 0 aliphatic heterocycles. The van der Waals surface area contributed by atoms with Crippen LogP contribution < -0.4 is 10.1 Å². The Labute approximate surface area is 156 Å². The molecular formula is C20H21ClN2O3.